The average Bonchev–Trinajstić information content (AvgIpc) is 2.71. The van der Waals surface area contributed by atoms with E-state index in [1.807, 2.05) is 49.4 Å². The molecule has 0 bridgehead atoms. The zero-order valence-corrected chi connectivity index (χ0v) is 16.6. The lowest BCUT2D eigenvalue weighted by molar-refractivity contribution is 0.475. The summed E-state index contributed by atoms with van der Waals surface area (Å²) in [5.41, 5.74) is 3.09. The molecule has 0 radical (unpaired) electrons. The fourth-order valence-corrected chi connectivity index (χ4v) is 4.20. The van der Waals surface area contributed by atoms with E-state index in [1.54, 1.807) is 24.3 Å². The standard InChI is InChI=1S/C22H20N4O2S/c1-15-8-10-17(27)13-21(15)25-22-19-12-16(9-11-20(19)23-14-24-22)26-29(2,28)18-6-4-3-5-7-18/h3-14,27H,2H2,1H3,(H,26,28)(H,23,24,25). The maximum Gasteiger partial charge on any atom is 0.141 e. The highest BCUT2D eigenvalue weighted by Gasteiger charge is 2.11. The fraction of sp³-hybridized carbons (Fsp3) is 0.0455. The number of phenolic OH excluding ortho intramolecular Hbond substituents is 1. The molecule has 1 heterocycles. The van der Waals surface area contributed by atoms with E-state index in [0.29, 0.717) is 16.4 Å². The van der Waals surface area contributed by atoms with Gasteiger partial charge < -0.3 is 15.1 Å². The van der Waals surface area contributed by atoms with Crippen LogP contribution in [0.3, 0.4) is 0 Å². The third kappa shape index (κ3) is 4.00. The minimum absolute atomic E-state index is 0.165. The van der Waals surface area contributed by atoms with Crippen molar-refractivity contribution in [3.8, 4) is 5.75 Å². The molecule has 0 spiro atoms. The summed E-state index contributed by atoms with van der Waals surface area (Å²) < 4.78 is 16.1. The van der Waals surface area contributed by atoms with Crippen LogP contribution in [0.1, 0.15) is 5.56 Å². The first-order chi connectivity index (χ1) is 13.9. The summed E-state index contributed by atoms with van der Waals surface area (Å²) in [6, 6.07) is 19.7. The van der Waals surface area contributed by atoms with Gasteiger partial charge >= 0.3 is 0 Å². The lowest BCUT2D eigenvalue weighted by Crippen LogP contribution is -2.12. The largest absolute Gasteiger partial charge is 0.508 e. The number of nitrogens with one attached hydrogen (secondary N) is 2. The van der Waals surface area contributed by atoms with Gasteiger partial charge in [0.05, 0.1) is 15.2 Å². The van der Waals surface area contributed by atoms with Crippen molar-refractivity contribution < 1.29 is 9.32 Å². The van der Waals surface area contributed by atoms with Crippen LogP contribution in [0.15, 0.2) is 78.0 Å². The van der Waals surface area contributed by atoms with Crippen LogP contribution in [0, 0.1) is 6.92 Å². The molecule has 0 saturated carbocycles. The molecule has 4 aromatic rings. The summed E-state index contributed by atoms with van der Waals surface area (Å²) in [5.74, 6) is 4.62. The molecule has 0 amide bonds. The summed E-state index contributed by atoms with van der Waals surface area (Å²) >= 11 is 0. The molecule has 1 aromatic heterocycles. The first-order valence-corrected chi connectivity index (χ1v) is 10.7. The number of fused-ring (bicyclic) bond motifs is 1. The summed E-state index contributed by atoms with van der Waals surface area (Å²) in [4.78, 5) is 9.28. The summed E-state index contributed by atoms with van der Waals surface area (Å²) in [6.07, 6.45) is 1.48. The fourth-order valence-electron chi connectivity index (χ4n) is 2.98. The average molecular weight is 404 g/mol. The van der Waals surface area contributed by atoms with Crippen LogP contribution in [-0.2, 0) is 9.71 Å². The Hall–Kier alpha value is -3.58. The third-order valence-electron chi connectivity index (χ3n) is 4.52. The number of phenols is 1. The number of hydrogen-bond acceptors (Lipinski definition) is 5. The maximum atomic E-state index is 13.1. The zero-order chi connectivity index (χ0) is 20.4. The number of hydrogen-bond donors (Lipinski definition) is 3. The molecule has 0 aliphatic rings. The van der Waals surface area contributed by atoms with Crippen molar-refractivity contribution >= 4 is 43.7 Å². The highest BCUT2D eigenvalue weighted by atomic mass is 32.2. The molecule has 6 nitrogen and oxygen atoms in total. The second-order valence-electron chi connectivity index (χ2n) is 6.67. The van der Waals surface area contributed by atoms with Gasteiger partial charge in [-0.1, -0.05) is 24.3 Å². The molecule has 0 fully saturated rings. The van der Waals surface area contributed by atoms with Crippen LogP contribution in [0.2, 0.25) is 0 Å². The SMILES string of the molecule is C=S(=O)(Nc1ccc2ncnc(Nc3cc(O)ccc3C)c2c1)c1ccccc1. The van der Waals surface area contributed by atoms with Crippen LogP contribution in [0.25, 0.3) is 10.9 Å². The predicted octanol–water partition coefficient (Wildman–Crippen LogP) is 4.49. The van der Waals surface area contributed by atoms with Gasteiger partial charge in [-0.2, -0.15) is 0 Å². The second-order valence-corrected chi connectivity index (χ2v) is 8.69. The van der Waals surface area contributed by atoms with Gasteiger partial charge in [0.2, 0.25) is 0 Å². The Bertz CT molecular complexity index is 1290. The van der Waals surface area contributed by atoms with Crippen molar-refractivity contribution in [2.75, 3.05) is 10.0 Å². The monoisotopic (exact) mass is 404 g/mol. The molecule has 3 aromatic carbocycles. The van der Waals surface area contributed by atoms with Gasteiger partial charge in [0.15, 0.2) is 0 Å². The van der Waals surface area contributed by atoms with Crippen LogP contribution < -0.4 is 10.0 Å². The highest BCUT2D eigenvalue weighted by Crippen LogP contribution is 2.29. The van der Waals surface area contributed by atoms with E-state index < -0.39 is 9.71 Å². The van der Waals surface area contributed by atoms with Crippen molar-refractivity contribution in [1.29, 1.82) is 0 Å². The van der Waals surface area contributed by atoms with Crippen molar-refractivity contribution in [2.45, 2.75) is 11.8 Å². The molecular weight excluding hydrogens is 384 g/mol. The van der Waals surface area contributed by atoms with Gasteiger partial charge in [0, 0.05) is 27.7 Å². The summed E-state index contributed by atoms with van der Waals surface area (Å²) in [6.45, 7) is 1.94. The molecule has 3 N–H and O–H groups in total. The van der Waals surface area contributed by atoms with Crippen molar-refractivity contribution in [2.24, 2.45) is 0 Å². The molecule has 0 saturated heterocycles. The van der Waals surface area contributed by atoms with Crippen LogP contribution >= 0.6 is 0 Å². The number of aromatic nitrogens is 2. The lowest BCUT2D eigenvalue weighted by Gasteiger charge is -2.15. The van der Waals surface area contributed by atoms with Crippen molar-refractivity contribution in [3.05, 3.63) is 78.6 Å². The van der Waals surface area contributed by atoms with E-state index in [-0.39, 0.29) is 5.75 Å². The number of aromatic hydroxyl groups is 1. The van der Waals surface area contributed by atoms with E-state index in [0.717, 1.165) is 22.2 Å². The predicted molar refractivity (Wildman–Crippen MR) is 119 cm³/mol. The molecule has 7 heteroatoms. The van der Waals surface area contributed by atoms with Gasteiger partial charge in [-0.25, -0.2) is 14.2 Å². The first kappa shape index (κ1) is 18.8. The number of aryl methyl sites for hydroxylation is 1. The van der Waals surface area contributed by atoms with Crippen LogP contribution in [-0.4, -0.2) is 25.2 Å². The van der Waals surface area contributed by atoms with Gasteiger partial charge in [0.25, 0.3) is 0 Å². The van der Waals surface area contributed by atoms with E-state index in [9.17, 15) is 9.32 Å². The smallest absolute Gasteiger partial charge is 0.141 e. The van der Waals surface area contributed by atoms with Gasteiger partial charge in [-0.05, 0) is 54.8 Å². The van der Waals surface area contributed by atoms with E-state index in [2.05, 4.69) is 25.9 Å². The number of benzene rings is 3. The Morgan fingerprint density at radius 2 is 1.79 bits per heavy atom. The number of rotatable bonds is 5. The Kier molecular flexibility index (Phi) is 4.82. The van der Waals surface area contributed by atoms with Gasteiger partial charge in [0.1, 0.15) is 17.9 Å². The van der Waals surface area contributed by atoms with Gasteiger partial charge in [-0.3, -0.25) is 0 Å². The highest BCUT2D eigenvalue weighted by molar-refractivity contribution is 8.01. The Balaban J connectivity index is 1.72. The van der Waals surface area contributed by atoms with Crippen molar-refractivity contribution in [1.82, 2.24) is 9.97 Å². The molecule has 4 rings (SSSR count). The molecule has 1 unspecified atom stereocenters. The topological polar surface area (TPSA) is 87.1 Å². The molecule has 29 heavy (non-hydrogen) atoms. The van der Waals surface area contributed by atoms with Crippen molar-refractivity contribution in [3.63, 3.8) is 0 Å². The summed E-state index contributed by atoms with van der Waals surface area (Å²) in [7, 11) is -2.71. The Morgan fingerprint density at radius 1 is 1.00 bits per heavy atom. The maximum absolute atomic E-state index is 13.1. The normalized spacial score (nSPS) is 13.0. The van der Waals surface area contributed by atoms with E-state index >= 15 is 0 Å². The molecule has 1 atom stereocenters. The number of anilines is 3. The van der Waals surface area contributed by atoms with Crippen LogP contribution in [0.4, 0.5) is 17.2 Å². The summed E-state index contributed by atoms with van der Waals surface area (Å²) in [5, 5.41) is 13.8. The second kappa shape index (κ2) is 7.44. The quantitative estimate of drug-likeness (QED) is 0.427. The Labute approximate surface area is 169 Å². The van der Waals surface area contributed by atoms with E-state index in [1.165, 1.54) is 6.33 Å². The molecule has 146 valence electrons. The van der Waals surface area contributed by atoms with Gasteiger partial charge in [-0.15, -0.1) is 0 Å². The minimum Gasteiger partial charge on any atom is -0.508 e. The lowest BCUT2D eigenvalue weighted by atomic mass is 10.1. The number of nitrogens with zero attached hydrogens (tertiary/aromatic N) is 2. The molecule has 0 aliphatic carbocycles. The van der Waals surface area contributed by atoms with Crippen LogP contribution in [0.5, 0.6) is 5.75 Å². The molecular formula is C22H20N4O2S. The minimum atomic E-state index is -2.71. The first-order valence-electron chi connectivity index (χ1n) is 8.94. The molecule has 0 aliphatic heterocycles. The third-order valence-corrected chi connectivity index (χ3v) is 6.12. The zero-order valence-electron chi connectivity index (χ0n) is 15.8. The Morgan fingerprint density at radius 3 is 2.59 bits per heavy atom. The van der Waals surface area contributed by atoms with E-state index in [4.69, 9.17) is 0 Å².